The summed E-state index contributed by atoms with van der Waals surface area (Å²) in [5.74, 6) is 1.29. The van der Waals surface area contributed by atoms with E-state index in [0.717, 1.165) is 42.7 Å². The van der Waals surface area contributed by atoms with Crippen molar-refractivity contribution in [2.45, 2.75) is 52.6 Å². The van der Waals surface area contributed by atoms with Crippen molar-refractivity contribution >= 4 is 33.2 Å². The van der Waals surface area contributed by atoms with Crippen molar-refractivity contribution < 1.29 is 17.9 Å². The largest absolute Gasteiger partial charge is 0.443 e. The van der Waals surface area contributed by atoms with Crippen LogP contribution in [0.2, 0.25) is 0 Å². The SMILES string of the molecule is CC[C@@]12CN(c3ncnc4[nH]ccc34)CCC1CCN(S(=O)(=O)NC(=O)OC(C)(C)C)C2. The third-order valence-electron chi connectivity index (χ3n) is 6.63. The molecule has 0 aliphatic carbocycles. The van der Waals surface area contributed by atoms with Gasteiger partial charge in [0.2, 0.25) is 0 Å². The molecule has 0 bridgehead atoms. The number of amides is 1. The Balaban J connectivity index is 1.55. The molecule has 2 aromatic heterocycles. The summed E-state index contributed by atoms with van der Waals surface area (Å²) in [6, 6.07) is 1.97. The molecular formula is C21H32N6O4S. The zero-order chi connectivity index (χ0) is 23.1. The van der Waals surface area contributed by atoms with E-state index >= 15 is 0 Å². The molecule has 2 saturated heterocycles. The summed E-state index contributed by atoms with van der Waals surface area (Å²) in [4.78, 5) is 26.3. The highest BCUT2D eigenvalue weighted by molar-refractivity contribution is 7.87. The maximum atomic E-state index is 13.0. The Hall–Kier alpha value is -2.40. The monoisotopic (exact) mass is 464 g/mol. The van der Waals surface area contributed by atoms with Crippen LogP contribution in [-0.2, 0) is 14.9 Å². The van der Waals surface area contributed by atoms with Crippen LogP contribution in [0, 0.1) is 11.3 Å². The minimum absolute atomic E-state index is 0.229. The van der Waals surface area contributed by atoms with E-state index in [1.54, 1.807) is 27.1 Å². The van der Waals surface area contributed by atoms with Crippen LogP contribution in [-0.4, -0.2) is 65.5 Å². The molecule has 2 fully saturated rings. The molecule has 2 aromatic rings. The molecule has 0 saturated carbocycles. The molecule has 1 unspecified atom stereocenters. The van der Waals surface area contributed by atoms with Gasteiger partial charge in [0.15, 0.2) is 0 Å². The number of hydrogen-bond acceptors (Lipinski definition) is 7. The first-order valence-corrected chi connectivity index (χ1v) is 12.5. The number of nitrogens with zero attached hydrogens (tertiary/aromatic N) is 4. The number of aromatic amines is 1. The summed E-state index contributed by atoms with van der Waals surface area (Å²) < 4.78 is 34.6. The molecular weight excluding hydrogens is 432 g/mol. The van der Waals surface area contributed by atoms with Gasteiger partial charge in [0.05, 0.1) is 5.39 Å². The molecule has 2 aliphatic rings. The number of anilines is 1. The van der Waals surface area contributed by atoms with Crippen molar-refractivity contribution in [3.63, 3.8) is 0 Å². The second-order valence-electron chi connectivity index (χ2n) is 9.79. The average molecular weight is 465 g/mol. The Morgan fingerprint density at radius 1 is 1.28 bits per heavy atom. The van der Waals surface area contributed by atoms with E-state index in [9.17, 15) is 13.2 Å². The highest BCUT2D eigenvalue weighted by atomic mass is 32.2. The number of piperidine rings is 2. The minimum Gasteiger partial charge on any atom is -0.443 e. The molecule has 0 spiro atoms. The predicted molar refractivity (Wildman–Crippen MR) is 121 cm³/mol. The van der Waals surface area contributed by atoms with Gasteiger partial charge in [-0.25, -0.2) is 19.5 Å². The molecule has 0 aromatic carbocycles. The first kappa shape index (κ1) is 22.8. The van der Waals surface area contributed by atoms with Gasteiger partial charge in [-0.2, -0.15) is 12.7 Å². The summed E-state index contributed by atoms with van der Waals surface area (Å²) in [6.07, 6.45) is 5.01. The Bertz CT molecular complexity index is 1100. The lowest BCUT2D eigenvalue weighted by atomic mass is 9.66. The van der Waals surface area contributed by atoms with Crippen LogP contribution in [0.15, 0.2) is 18.6 Å². The van der Waals surface area contributed by atoms with E-state index in [2.05, 4.69) is 31.5 Å². The van der Waals surface area contributed by atoms with Gasteiger partial charge in [-0.05, 0) is 52.0 Å². The van der Waals surface area contributed by atoms with Gasteiger partial charge >= 0.3 is 16.3 Å². The fourth-order valence-corrected chi connectivity index (χ4v) is 6.20. The van der Waals surface area contributed by atoms with E-state index in [1.165, 1.54) is 4.31 Å². The molecule has 176 valence electrons. The molecule has 1 amide bonds. The third kappa shape index (κ3) is 4.40. The van der Waals surface area contributed by atoms with E-state index in [-0.39, 0.29) is 5.41 Å². The molecule has 2 aliphatic heterocycles. The van der Waals surface area contributed by atoms with E-state index in [4.69, 9.17) is 4.74 Å². The standard InChI is InChI=1S/C21H32N6O4S/c1-5-21-12-26(18-16-6-9-22-17(16)23-14-24-18)10-7-15(21)8-11-27(13-21)32(29,30)25-19(28)31-20(2,3)4/h6,9,14-15H,5,7-8,10-13H2,1-4H3,(H,25,28)(H,22,23,24)/t15?,21-/m0/s1. The van der Waals surface area contributed by atoms with Gasteiger partial charge in [-0.15, -0.1) is 0 Å². The summed E-state index contributed by atoms with van der Waals surface area (Å²) in [5.41, 5.74) is -0.216. The third-order valence-corrected chi connectivity index (χ3v) is 8.04. The fraction of sp³-hybridized carbons (Fsp3) is 0.667. The predicted octanol–water partition coefficient (Wildman–Crippen LogP) is 2.66. The van der Waals surface area contributed by atoms with Crippen molar-refractivity contribution in [3.8, 4) is 0 Å². The smallest absolute Gasteiger partial charge is 0.422 e. The van der Waals surface area contributed by atoms with Crippen LogP contribution < -0.4 is 9.62 Å². The van der Waals surface area contributed by atoms with Gasteiger partial charge in [-0.3, -0.25) is 0 Å². The van der Waals surface area contributed by atoms with Gasteiger partial charge in [0.25, 0.3) is 0 Å². The summed E-state index contributed by atoms with van der Waals surface area (Å²) in [7, 11) is -4.00. The van der Waals surface area contributed by atoms with Gasteiger partial charge in [0, 0.05) is 37.8 Å². The molecule has 2 N–H and O–H groups in total. The molecule has 2 atom stereocenters. The van der Waals surface area contributed by atoms with Crippen molar-refractivity contribution in [2.24, 2.45) is 11.3 Å². The minimum atomic E-state index is -4.00. The van der Waals surface area contributed by atoms with Crippen LogP contribution in [0.1, 0.15) is 47.0 Å². The zero-order valence-electron chi connectivity index (χ0n) is 19.1. The fourth-order valence-electron chi connectivity index (χ4n) is 5.04. The van der Waals surface area contributed by atoms with Crippen LogP contribution in [0.3, 0.4) is 0 Å². The van der Waals surface area contributed by atoms with Gasteiger partial charge in [-0.1, -0.05) is 6.92 Å². The number of aromatic nitrogens is 3. The number of fused-ring (bicyclic) bond motifs is 2. The maximum absolute atomic E-state index is 13.0. The van der Waals surface area contributed by atoms with E-state index in [0.29, 0.717) is 25.6 Å². The van der Waals surface area contributed by atoms with Crippen molar-refractivity contribution in [2.75, 3.05) is 31.1 Å². The lowest BCUT2D eigenvalue weighted by molar-refractivity contribution is 0.0434. The van der Waals surface area contributed by atoms with Gasteiger partial charge in [0.1, 0.15) is 23.4 Å². The number of rotatable bonds is 4. The lowest BCUT2D eigenvalue weighted by Crippen LogP contribution is -2.60. The Morgan fingerprint density at radius 3 is 2.75 bits per heavy atom. The van der Waals surface area contributed by atoms with Crippen molar-refractivity contribution in [1.29, 1.82) is 0 Å². The number of nitrogens with one attached hydrogen (secondary N) is 2. The number of H-pyrrole nitrogens is 1. The summed E-state index contributed by atoms with van der Waals surface area (Å²) in [6.45, 7) is 9.51. The van der Waals surface area contributed by atoms with Crippen molar-refractivity contribution in [1.82, 2.24) is 24.0 Å². The number of hydrogen-bond donors (Lipinski definition) is 2. The second-order valence-corrected chi connectivity index (χ2v) is 11.5. The topological polar surface area (TPSA) is 121 Å². The Morgan fingerprint density at radius 2 is 2.03 bits per heavy atom. The normalized spacial score (nSPS) is 24.9. The molecule has 32 heavy (non-hydrogen) atoms. The molecule has 11 heteroatoms. The molecule has 4 heterocycles. The van der Waals surface area contributed by atoms with Gasteiger partial charge < -0.3 is 14.6 Å². The number of carbonyl (C=O) groups excluding carboxylic acids is 1. The zero-order valence-corrected chi connectivity index (χ0v) is 19.9. The average Bonchev–Trinajstić information content (AvgIpc) is 3.20. The first-order chi connectivity index (χ1) is 15.0. The molecule has 4 rings (SSSR count). The number of carbonyl (C=O) groups is 1. The van der Waals surface area contributed by atoms with E-state index < -0.39 is 21.9 Å². The van der Waals surface area contributed by atoms with Crippen LogP contribution >= 0.6 is 0 Å². The van der Waals surface area contributed by atoms with Crippen molar-refractivity contribution in [3.05, 3.63) is 18.6 Å². The quantitative estimate of drug-likeness (QED) is 0.713. The number of ether oxygens (including phenoxy) is 1. The maximum Gasteiger partial charge on any atom is 0.422 e. The highest BCUT2D eigenvalue weighted by Gasteiger charge is 2.48. The Labute approximate surface area is 188 Å². The summed E-state index contributed by atoms with van der Waals surface area (Å²) >= 11 is 0. The summed E-state index contributed by atoms with van der Waals surface area (Å²) in [5, 5.41) is 0.962. The molecule has 0 radical (unpaired) electrons. The van der Waals surface area contributed by atoms with Crippen LogP contribution in [0.5, 0.6) is 0 Å². The van der Waals surface area contributed by atoms with E-state index in [1.807, 2.05) is 12.3 Å². The van der Waals surface area contributed by atoms with Crippen LogP contribution in [0.25, 0.3) is 11.0 Å². The Kier molecular flexibility index (Phi) is 5.83. The second kappa shape index (κ2) is 8.18. The highest BCUT2D eigenvalue weighted by Crippen LogP contribution is 2.46. The lowest BCUT2D eigenvalue weighted by Gasteiger charge is -2.53. The molecule has 10 nitrogen and oxygen atoms in total. The first-order valence-electron chi connectivity index (χ1n) is 11.1. The van der Waals surface area contributed by atoms with Crippen LogP contribution in [0.4, 0.5) is 10.6 Å².